The van der Waals surface area contributed by atoms with Crippen molar-refractivity contribution in [3.8, 4) is 0 Å². The van der Waals surface area contributed by atoms with E-state index in [1.165, 1.54) is 0 Å². The molecule has 2 rings (SSSR count). The van der Waals surface area contributed by atoms with Crippen LogP contribution in [0, 0.1) is 0 Å². The summed E-state index contributed by atoms with van der Waals surface area (Å²) >= 11 is 0. The molecule has 1 aromatic carbocycles. The minimum Gasteiger partial charge on any atom is -0.388 e. The van der Waals surface area contributed by atoms with Gasteiger partial charge in [-0.25, -0.2) is 13.1 Å². The molecule has 0 bridgehead atoms. The summed E-state index contributed by atoms with van der Waals surface area (Å²) in [5.74, 6) is 0. The molecule has 0 radical (unpaired) electrons. The van der Waals surface area contributed by atoms with E-state index in [1.54, 1.807) is 24.3 Å². The Morgan fingerprint density at radius 1 is 1.47 bits per heavy atom. The highest BCUT2D eigenvalue weighted by molar-refractivity contribution is 7.89. The van der Waals surface area contributed by atoms with Gasteiger partial charge >= 0.3 is 0 Å². The lowest BCUT2D eigenvalue weighted by molar-refractivity contribution is 0.173. The molecule has 2 N–H and O–H groups in total. The fourth-order valence-electron chi connectivity index (χ4n) is 1.61. The molecule has 94 valence electrons. The minimum absolute atomic E-state index is 0.0970. The molecule has 4 nitrogen and oxygen atoms in total. The highest BCUT2D eigenvalue weighted by atomic mass is 32.2. The molecule has 1 atom stereocenters. The van der Waals surface area contributed by atoms with Crippen LogP contribution < -0.4 is 4.72 Å². The van der Waals surface area contributed by atoms with Crippen LogP contribution in [0.1, 0.15) is 37.9 Å². The number of hydrogen-bond donors (Lipinski definition) is 2. The average Bonchev–Trinajstić information content (AvgIpc) is 3.11. The van der Waals surface area contributed by atoms with Crippen LogP contribution >= 0.6 is 0 Å². The zero-order chi connectivity index (χ0) is 12.5. The number of nitrogens with one attached hydrogen (secondary N) is 1. The first-order valence-corrected chi connectivity index (χ1v) is 7.31. The van der Waals surface area contributed by atoms with E-state index in [0.717, 1.165) is 12.8 Å². The third-order valence-corrected chi connectivity index (χ3v) is 4.36. The lowest BCUT2D eigenvalue weighted by atomic mass is 10.1. The first kappa shape index (κ1) is 12.5. The molecule has 1 aliphatic carbocycles. The first-order chi connectivity index (χ1) is 8.03. The highest BCUT2D eigenvalue weighted by Crippen LogP contribution is 2.24. The smallest absolute Gasteiger partial charge is 0.240 e. The van der Waals surface area contributed by atoms with E-state index >= 15 is 0 Å². The van der Waals surface area contributed by atoms with Crippen LogP contribution in [0.2, 0.25) is 0 Å². The maximum Gasteiger partial charge on any atom is 0.240 e. The molecular formula is C12H17NO3S. The summed E-state index contributed by atoms with van der Waals surface area (Å²) in [6.07, 6.45) is 1.79. The van der Waals surface area contributed by atoms with Crippen molar-refractivity contribution in [3.05, 3.63) is 29.8 Å². The van der Waals surface area contributed by atoms with E-state index in [-0.39, 0.29) is 10.9 Å². The second kappa shape index (κ2) is 4.76. The summed E-state index contributed by atoms with van der Waals surface area (Å²) in [6, 6.07) is 6.59. The Balaban J connectivity index is 2.25. The summed E-state index contributed by atoms with van der Waals surface area (Å²) in [7, 11) is -3.42. The fourth-order valence-corrected chi connectivity index (χ4v) is 2.97. The summed E-state index contributed by atoms with van der Waals surface area (Å²) < 4.78 is 26.5. The van der Waals surface area contributed by atoms with Gasteiger partial charge in [-0.15, -0.1) is 0 Å². The first-order valence-electron chi connectivity index (χ1n) is 5.83. The summed E-state index contributed by atoms with van der Waals surface area (Å²) in [5, 5.41) is 9.70. The monoisotopic (exact) mass is 255 g/mol. The van der Waals surface area contributed by atoms with Gasteiger partial charge < -0.3 is 5.11 Å². The van der Waals surface area contributed by atoms with Gasteiger partial charge in [0.15, 0.2) is 0 Å². The van der Waals surface area contributed by atoms with Crippen LogP contribution in [0.4, 0.5) is 0 Å². The minimum atomic E-state index is -3.42. The normalized spacial score (nSPS) is 18.0. The van der Waals surface area contributed by atoms with Crippen LogP contribution in [0.25, 0.3) is 0 Å². The van der Waals surface area contributed by atoms with E-state index < -0.39 is 16.1 Å². The van der Waals surface area contributed by atoms with Gasteiger partial charge in [0, 0.05) is 6.04 Å². The SMILES string of the molecule is CCC(O)c1cccc(S(=O)(=O)NC2CC2)c1. The summed E-state index contributed by atoms with van der Waals surface area (Å²) in [4.78, 5) is 0.231. The van der Waals surface area contributed by atoms with Crippen LogP contribution in [0.15, 0.2) is 29.2 Å². The van der Waals surface area contributed by atoms with Gasteiger partial charge in [0.1, 0.15) is 0 Å². The van der Waals surface area contributed by atoms with Crippen molar-refractivity contribution in [2.24, 2.45) is 0 Å². The molecule has 17 heavy (non-hydrogen) atoms. The van der Waals surface area contributed by atoms with Gasteiger partial charge in [-0.05, 0) is 37.0 Å². The predicted octanol–water partition coefficient (Wildman–Crippen LogP) is 1.57. The molecule has 0 aromatic heterocycles. The van der Waals surface area contributed by atoms with E-state index in [2.05, 4.69) is 4.72 Å². The van der Waals surface area contributed by atoms with Gasteiger partial charge in [-0.2, -0.15) is 0 Å². The second-order valence-corrected chi connectivity index (χ2v) is 6.11. The van der Waals surface area contributed by atoms with Crippen LogP contribution in [0.5, 0.6) is 0 Å². The van der Waals surface area contributed by atoms with Crippen molar-refractivity contribution in [2.45, 2.75) is 43.2 Å². The van der Waals surface area contributed by atoms with E-state index in [9.17, 15) is 13.5 Å². The second-order valence-electron chi connectivity index (χ2n) is 4.39. The fraction of sp³-hybridized carbons (Fsp3) is 0.500. The van der Waals surface area contributed by atoms with Crippen molar-refractivity contribution in [3.63, 3.8) is 0 Å². The lowest BCUT2D eigenvalue weighted by Gasteiger charge is -2.10. The van der Waals surface area contributed by atoms with Gasteiger partial charge in [-0.1, -0.05) is 19.1 Å². The third kappa shape index (κ3) is 3.06. The number of sulfonamides is 1. The van der Waals surface area contributed by atoms with E-state index in [4.69, 9.17) is 0 Å². The van der Waals surface area contributed by atoms with Gasteiger partial charge in [0.25, 0.3) is 0 Å². The predicted molar refractivity (Wildman–Crippen MR) is 65.0 cm³/mol. The van der Waals surface area contributed by atoms with Crippen LogP contribution in [0.3, 0.4) is 0 Å². The molecule has 1 aromatic rings. The highest BCUT2D eigenvalue weighted by Gasteiger charge is 2.28. The molecule has 1 unspecified atom stereocenters. The Hall–Kier alpha value is -0.910. The number of hydrogen-bond acceptors (Lipinski definition) is 3. The number of benzene rings is 1. The maximum atomic E-state index is 12.0. The molecule has 5 heteroatoms. The summed E-state index contributed by atoms with van der Waals surface area (Å²) in [6.45, 7) is 1.86. The molecule has 1 fully saturated rings. The van der Waals surface area contributed by atoms with Crippen molar-refractivity contribution < 1.29 is 13.5 Å². The lowest BCUT2D eigenvalue weighted by Crippen LogP contribution is -2.25. The Morgan fingerprint density at radius 2 is 2.18 bits per heavy atom. The Bertz CT molecular complexity index is 494. The van der Waals surface area contributed by atoms with Crippen molar-refractivity contribution in [1.29, 1.82) is 0 Å². The molecule has 0 spiro atoms. The van der Waals surface area contributed by atoms with Crippen LogP contribution in [-0.4, -0.2) is 19.6 Å². The standard InChI is InChI=1S/C12H17NO3S/c1-2-12(14)9-4-3-5-11(8-9)17(15,16)13-10-6-7-10/h3-5,8,10,12-14H,2,6-7H2,1H3. The van der Waals surface area contributed by atoms with Gasteiger partial charge in [-0.3, -0.25) is 0 Å². The quantitative estimate of drug-likeness (QED) is 0.839. The molecular weight excluding hydrogens is 238 g/mol. The largest absolute Gasteiger partial charge is 0.388 e. The Kier molecular flexibility index (Phi) is 3.51. The van der Waals surface area contributed by atoms with E-state index in [0.29, 0.717) is 12.0 Å². The van der Waals surface area contributed by atoms with Crippen LogP contribution in [-0.2, 0) is 10.0 Å². The van der Waals surface area contributed by atoms with Crippen molar-refractivity contribution >= 4 is 10.0 Å². The van der Waals surface area contributed by atoms with Gasteiger partial charge in [0.05, 0.1) is 11.0 Å². The zero-order valence-electron chi connectivity index (χ0n) is 9.76. The number of rotatable bonds is 5. The van der Waals surface area contributed by atoms with Crippen molar-refractivity contribution in [2.75, 3.05) is 0 Å². The molecule has 1 saturated carbocycles. The molecule has 0 amide bonds. The average molecular weight is 255 g/mol. The van der Waals surface area contributed by atoms with Gasteiger partial charge in [0.2, 0.25) is 10.0 Å². The topological polar surface area (TPSA) is 66.4 Å². The molecule has 0 heterocycles. The Morgan fingerprint density at radius 3 is 2.76 bits per heavy atom. The summed E-state index contributed by atoms with van der Waals surface area (Å²) in [5.41, 5.74) is 0.645. The molecule has 1 aliphatic rings. The molecule has 0 aliphatic heterocycles. The van der Waals surface area contributed by atoms with E-state index in [1.807, 2.05) is 6.92 Å². The maximum absolute atomic E-state index is 12.0. The van der Waals surface area contributed by atoms with Crippen molar-refractivity contribution in [1.82, 2.24) is 4.72 Å². The number of aliphatic hydroxyl groups is 1. The number of aliphatic hydroxyl groups excluding tert-OH is 1. The molecule has 0 saturated heterocycles. The Labute approximate surface area is 102 Å². The third-order valence-electron chi connectivity index (χ3n) is 2.84. The zero-order valence-corrected chi connectivity index (χ0v) is 10.6.